The Bertz CT molecular complexity index is 472. The summed E-state index contributed by atoms with van der Waals surface area (Å²) in [6.45, 7) is 4.52. The van der Waals surface area contributed by atoms with E-state index in [0.29, 0.717) is 24.1 Å². The van der Waals surface area contributed by atoms with E-state index in [1.807, 2.05) is 26.0 Å². The Morgan fingerprint density at radius 3 is 2.90 bits per heavy atom. The van der Waals surface area contributed by atoms with Crippen molar-refractivity contribution in [3.63, 3.8) is 0 Å². The summed E-state index contributed by atoms with van der Waals surface area (Å²) in [6.07, 6.45) is 3.11. The molecule has 0 aromatic heterocycles. The summed E-state index contributed by atoms with van der Waals surface area (Å²) in [5.41, 5.74) is 7.31. The average Bonchev–Trinajstić information content (AvgIpc) is 3.23. The molecular weight excluding hydrogens is 254 g/mol. The summed E-state index contributed by atoms with van der Waals surface area (Å²) < 4.78 is 5.58. The molecule has 1 fully saturated rings. The molecule has 1 unspecified atom stereocenters. The van der Waals surface area contributed by atoms with Crippen molar-refractivity contribution in [3.05, 3.63) is 18.2 Å². The fraction of sp³-hybridized carbons (Fsp3) is 0.533. The van der Waals surface area contributed by atoms with Crippen LogP contribution in [0.5, 0.6) is 5.75 Å². The number of rotatable bonds is 7. The first kappa shape index (κ1) is 14.5. The molecule has 2 rings (SSSR count). The first-order valence-electron chi connectivity index (χ1n) is 7.19. The number of nitrogen functional groups attached to an aromatic ring is 1. The van der Waals surface area contributed by atoms with Crippen molar-refractivity contribution in [3.8, 4) is 5.75 Å². The fourth-order valence-electron chi connectivity index (χ4n) is 1.83. The van der Waals surface area contributed by atoms with Gasteiger partial charge in [0.2, 0.25) is 5.91 Å². The highest BCUT2D eigenvalue weighted by Gasteiger charge is 2.25. The molecule has 5 heteroatoms. The van der Waals surface area contributed by atoms with Gasteiger partial charge in [-0.15, -0.1) is 0 Å². The van der Waals surface area contributed by atoms with Crippen LogP contribution in [0.2, 0.25) is 0 Å². The van der Waals surface area contributed by atoms with Crippen molar-refractivity contribution in [2.45, 2.75) is 45.2 Å². The van der Waals surface area contributed by atoms with Gasteiger partial charge in [0.05, 0.1) is 12.3 Å². The average molecular weight is 277 g/mol. The molecule has 0 aliphatic heterocycles. The largest absolute Gasteiger partial charge is 0.491 e. The molecule has 0 spiro atoms. The maximum absolute atomic E-state index is 11.9. The lowest BCUT2D eigenvalue weighted by Gasteiger charge is -2.16. The number of carbonyl (C=O) groups is 1. The van der Waals surface area contributed by atoms with Gasteiger partial charge in [-0.3, -0.25) is 4.79 Å². The monoisotopic (exact) mass is 277 g/mol. The van der Waals surface area contributed by atoms with Crippen LogP contribution in [0, 0.1) is 0 Å². The third-order valence-corrected chi connectivity index (χ3v) is 3.18. The van der Waals surface area contributed by atoms with Gasteiger partial charge in [0.1, 0.15) is 11.8 Å². The molecule has 110 valence electrons. The summed E-state index contributed by atoms with van der Waals surface area (Å²) >= 11 is 0. The van der Waals surface area contributed by atoms with Gasteiger partial charge in [-0.05, 0) is 38.3 Å². The van der Waals surface area contributed by atoms with Gasteiger partial charge < -0.3 is 21.1 Å². The van der Waals surface area contributed by atoms with E-state index in [0.717, 1.165) is 24.9 Å². The Morgan fingerprint density at radius 2 is 2.25 bits per heavy atom. The number of anilines is 2. The number of hydrogen-bond acceptors (Lipinski definition) is 4. The van der Waals surface area contributed by atoms with Crippen molar-refractivity contribution < 1.29 is 9.53 Å². The Hall–Kier alpha value is -1.91. The van der Waals surface area contributed by atoms with E-state index < -0.39 is 0 Å². The van der Waals surface area contributed by atoms with Gasteiger partial charge in [-0.1, -0.05) is 6.92 Å². The van der Waals surface area contributed by atoms with Gasteiger partial charge in [-0.2, -0.15) is 0 Å². The quantitative estimate of drug-likeness (QED) is 0.667. The highest BCUT2D eigenvalue weighted by molar-refractivity contribution is 5.84. The maximum atomic E-state index is 11.9. The van der Waals surface area contributed by atoms with E-state index in [4.69, 9.17) is 10.5 Å². The molecule has 0 radical (unpaired) electrons. The van der Waals surface area contributed by atoms with Crippen LogP contribution in [0.25, 0.3) is 0 Å². The van der Waals surface area contributed by atoms with Crippen LogP contribution in [-0.2, 0) is 4.79 Å². The van der Waals surface area contributed by atoms with Gasteiger partial charge in [-0.25, -0.2) is 0 Å². The molecule has 1 amide bonds. The third kappa shape index (κ3) is 4.05. The van der Waals surface area contributed by atoms with Crippen molar-refractivity contribution in [1.82, 2.24) is 5.32 Å². The highest BCUT2D eigenvalue weighted by atomic mass is 16.5. The first-order valence-corrected chi connectivity index (χ1v) is 7.19. The molecule has 1 aliphatic rings. The molecule has 0 saturated heterocycles. The molecular formula is C15H23N3O2. The van der Waals surface area contributed by atoms with E-state index in [2.05, 4.69) is 10.6 Å². The van der Waals surface area contributed by atoms with Crippen LogP contribution in [0.4, 0.5) is 11.4 Å². The zero-order valence-electron chi connectivity index (χ0n) is 12.1. The molecule has 1 aromatic rings. The van der Waals surface area contributed by atoms with E-state index >= 15 is 0 Å². The fourth-order valence-corrected chi connectivity index (χ4v) is 1.83. The minimum absolute atomic E-state index is 0.0281. The van der Waals surface area contributed by atoms with Crippen LogP contribution < -0.4 is 21.1 Å². The van der Waals surface area contributed by atoms with E-state index in [1.165, 1.54) is 0 Å². The number of hydrogen-bond donors (Lipinski definition) is 3. The maximum Gasteiger partial charge on any atom is 0.242 e. The van der Waals surface area contributed by atoms with Gasteiger partial charge in [0.15, 0.2) is 0 Å². The highest BCUT2D eigenvalue weighted by Crippen LogP contribution is 2.26. The van der Waals surface area contributed by atoms with Crippen molar-refractivity contribution in [1.29, 1.82) is 0 Å². The molecule has 20 heavy (non-hydrogen) atoms. The summed E-state index contributed by atoms with van der Waals surface area (Å²) in [7, 11) is 0. The number of ether oxygens (including phenoxy) is 1. The molecule has 1 aliphatic carbocycles. The third-order valence-electron chi connectivity index (χ3n) is 3.18. The summed E-state index contributed by atoms with van der Waals surface area (Å²) in [6, 6.07) is 5.58. The van der Waals surface area contributed by atoms with Crippen molar-refractivity contribution >= 4 is 17.3 Å². The lowest BCUT2D eigenvalue weighted by atomic mass is 10.2. The van der Waals surface area contributed by atoms with Gasteiger partial charge in [0.25, 0.3) is 0 Å². The molecule has 0 heterocycles. The molecule has 5 nitrogen and oxygen atoms in total. The number of nitrogens with one attached hydrogen (secondary N) is 2. The van der Waals surface area contributed by atoms with Crippen LogP contribution in [-0.4, -0.2) is 24.6 Å². The molecule has 4 N–H and O–H groups in total. The zero-order chi connectivity index (χ0) is 14.5. The van der Waals surface area contributed by atoms with Crippen LogP contribution in [0.15, 0.2) is 18.2 Å². The van der Waals surface area contributed by atoms with Crippen molar-refractivity contribution in [2.75, 3.05) is 17.7 Å². The Balaban J connectivity index is 1.95. The Labute approximate surface area is 119 Å². The molecule has 1 atom stereocenters. The number of amides is 1. The predicted octanol–water partition coefficient (Wildman–Crippen LogP) is 2.14. The standard InChI is InChI=1S/C15H23N3O2/c1-3-8-20-14-9-12(6-7-13(14)16)17-10(2)15(19)18-11-4-5-11/h6-7,9-11,17H,3-5,8,16H2,1-2H3,(H,18,19). The lowest BCUT2D eigenvalue weighted by Crippen LogP contribution is -2.38. The lowest BCUT2D eigenvalue weighted by molar-refractivity contribution is -0.121. The Kier molecular flexibility index (Phi) is 4.71. The molecule has 1 aromatic carbocycles. The van der Waals surface area contributed by atoms with Crippen molar-refractivity contribution in [2.24, 2.45) is 0 Å². The summed E-state index contributed by atoms with van der Waals surface area (Å²) in [4.78, 5) is 11.9. The van der Waals surface area contributed by atoms with E-state index in [1.54, 1.807) is 6.07 Å². The first-order chi connectivity index (χ1) is 9.60. The number of nitrogens with two attached hydrogens (primary N) is 1. The molecule has 0 bridgehead atoms. The van der Waals surface area contributed by atoms with Gasteiger partial charge >= 0.3 is 0 Å². The smallest absolute Gasteiger partial charge is 0.242 e. The topological polar surface area (TPSA) is 76.4 Å². The van der Waals surface area contributed by atoms with E-state index in [9.17, 15) is 4.79 Å². The minimum Gasteiger partial charge on any atom is -0.491 e. The predicted molar refractivity (Wildman–Crippen MR) is 80.9 cm³/mol. The second-order valence-corrected chi connectivity index (χ2v) is 5.25. The SMILES string of the molecule is CCCOc1cc(NC(C)C(=O)NC2CC2)ccc1N. The Morgan fingerprint density at radius 1 is 1.50 bits per heavy atom. The van der Waals surface area contributed by atoms with Crippen LogP contribution in [0.3, 0.4) is 0 Å². The summed E-state index contributed by atoms with van der Waals surface area (Å²) in [5.74, 6) is 0.687. The summed E-state index contributed by atoms with van der Waals surface area (Å²) in [5, 5.41) is 6.15. The normalized spacial score (nSPS) is 15.5. The number of benzene rings is 1. The minimum atomic E-state index is -0.279. The zero-order valence-corrected chi connectivity index (χ0v) is 12.1. The van der Waals surface area contributed by atoms with Gasteiger partial charge in [0, 0.05) is 17.8 Å². The van der Waals surface area contributed by atoms with E-state index in [-0.39, 0.29) is 11.9 Å². The number of carbonyl (C=O) groups excluding carboxylic acids is 1. The second-order valence-electron chi connectivity index (χ2n) is 5.25. The van der Waals surface area contributed by atoms with Crippen LogP contribution in [0.1, 0.15) is 33.1 Å². The second kappa shape index (κ2) is 6.50. The van der Waals surface area contributed by atoms with Crippen LogP contribution >= 0.6 is 0 Å². The molecule has 1 saturated carbocycles.